The molecule has 0 aliphatic carbocycles. The van der Waals surface area contributed by atoms with E-state index in [1.54, 1.807) is 0 Å². The summed E-state index contributed by atoms with van der Waals surface area (Å²) >= 11 is 3.55. The Labute approximate surface area is 116 Å². The van der Waals surface area contributed by atoms with Gasteiger partial charge in [-0.15, -0.1) is 0 Å². The van der Waals surface area contributed by atoms with Gasteiger partial charge < -0.3 is 15.2 Å². The van der Waals surface area contributed by atoms with Crippen molar-refractivity contribution in [1.82, 2.24) is 5.32 Å². The van der Waals surface area contributed by atoms with Crippen LogP contribution in [0, 0.1) is 0 Å². The van der Waals surface area contributed by atoms with E-state index < -0.39 is 5.60 Å². The second kappa shape index (κ2) is 4.83. The normalized spacial score (nSPS) is 26.8. The zero-order chi connectivity index (χ0) is 12.6. The fraction of sp³-hybridized carbons (Fsp3) is 0.571. The molecule has 3 rings (SSSR count). The fourth-order valence-corrected chi connectivity index (χ4v) is 3.49. The molecule has 2 heterocycles. The second-order valence-corrected chi connectivity index (χ2v) is 6.25. The van der Waals surface area contributed by atoms with Gasteiger partial charge in [-0.3, -0.25) is 0 Å². The molecule has 2 aliphatic rings. The van der Waals surface area contributed by atoms with Crippen LogP contribution in [-0.4, -0.2) is 30.4 Å². The summed E-state index contributed by atoms with van der Waals surface area (Å²) in [6, 6.07) is 4.20. The number of halogens is 1. The van der Waals surface area contributed by atoms with E-state index in [1.807, 2.05) is 0 Å². The summed E-state index contributed by atoms with van der Waals surface area (Å²) in [6.07, 6.45) is 3.54. The van der Waals surface area contributed by atoms with Crippen LogP contribution >= 0.6 is 15.9 Å². The van der Waals surface area contributed by atoms with Gasteiger partial charge in [-0.1, -0.05) is 15.9 Å². The number of fused-ring (bicyclic) bond motifs is 1. The van der Waals surface area contributed by atoms with E-state index in [1.165, 1.54) is 5.56 Å². The second-order valence-electron chi connectivity index (χ2n) is 5.33. The molecule has 1 unspecified atom stereocenters. The molecule has 18 heavy (non-hydrogen) atoms. The molecule has 0 aromatic heterocycles. The third kappa shape index (κ3) is 2.42. The molecule has 3 nitrogen and oxygen atoms in total. The summed E-state index contributed by atoms with van der Waals surface area (Å²) in [6.45, 7) is 2.44. The van der Waals surface area contributed by atoms with Gasteiger partial charge in [0.25, 0.3) is 0 Å². The minimum atomic E-state index is -0.626. The molecule has 1 fully saturated rings. The molecule has 0 saturated carbocycles. The molecule has 0 spiro atoms. The van der Waals surface area contributed by atoms with Gasteiger partial charge in [0.05, 0.1) is 12.2 Å². The molecule has 1 aromatic carbocycles. The quantitative estimate of drug-likeness (QED) is 0.878. The van der Waals surface area contributed by atoms with Crippen LogP contribution in [0.4, 0.5) is 0 Å². The minimum absolute atomic E-state index is 0.626. The van der Waals surface area contributed by atoms with Gasteiger partial charge in [0.15, 0.2) is 0 Å². The van der Waals surface area contributed by atoms with E-state index in [9.17, 15) is 5.11 Å². The molecule has 0 bridgehead atoms. The van der Waals surface area contributed by atoms with E-state index in [0.717, 1.165) is 48.2 Å². The minimum Gasteiger partial charge on any atom is -0.493 e. The van der Waals surface area contributed by atoms with Gasteiger partial charge in [0, 0.05) is 23.9 Å². The Morgan fingerprint density at radius 1 is 1.44 bits per heavy atom. The lowest BCUT2D eigenvalue weighted by Gasteiger charge is -2.33. The first-order valence-electron chi connectivity index (χ1n) is 6.53. The summed E-state index contributed by atoms with van der Waals surface area (Å²) in [5.74, 6) is 0.997. The van der Waals surface area contributed by atoms with E-state index >= 15 is 0 Å². The van der Waals surface area contributed by atoms with Crippen LogP contribution in [-0.2, 0) is 12.8 Å². The standard InChI is InChI=1S/C14H18BrNO2/c15-12-6-10-2-5-18-13(10)11(7-12)8-14(17)3-1-4-16-9-14/h6-7,16-17H,1-5,8-9H2. The van der Waals surface area contributed by atoms with Crippen molar-refractivity contribution in [2.75, 3.05) is 19.7 Å². The fourth-order valence-electron chi connectivity index (χ4n) is 2.93. The largest absolute Gasteiger partial charge is 0.493 e. The number of β-amino-alcohol motifs (C(OH)–C–C–N with tert-alkyl or cyclic N) is 1. The van der Waals surface area contributed by atoms with E-state index in [-0.39, 0.29) is 0 Å². The summed E-state index contributed by atoms with van der Waals surface area (Å²) in [5.41, 5.74) is 1.76. The number of piperidine rings is 1. The number of ether oxygens (including phenoxy) is 1. The first-order chi connectivity index (χ1) is 8.66. The molecular weight excluding hydrogens is 294 g/mol. The Balaban J connectivity index is 1.88. The topological polar surface area (TPSA) is 41.5 Å². The maximum atomic E-state index is 10.6. The molecular formula is C14H18BrNO2. The lowest BCUT2D eigenvalue weighted by atomic mass is 9.87. The Bertz CT molecular complexity index is 455. The number of benzene rings is 1. The Kier molecular flexibility index (Phi) is 3.34. The Hall–Kier alpha value is -0.580. The molecule has 4 heteroatoms. The summed E-state index contributed by atoms with van der Waals surface area (Å²) in [7, 11) is 0. The Morgan fingerprint density at radius 3 is 3.11 bits per heavy atom. The number of hydrogen-bond donors (Lipinski definition) is 2. The first-order valence-corrected chi connectivity index (χ1v) is 7.33. The zero-order valence-corrected chi connectivity index (χ0v) is 11.9. The monoisotopic (exact) mass is 311 g/mol. The van der Waals surface area contributed by atoms with Gasteiger partial charge in [-0.25, -0.2) is 0 Å². The number of nitrogens with one attached hydrogen (secondary N) is 1. The van der Waals surface area contributed by atoms with Crippen molar-refractivity contribution in [3.63, 3.8) is 0 Å². The van der Waals surface area contributed by atoms with Crippen LogP contribution in [0.1, 0.15) is 24.0 Å². The highest BCUT2D eigenvalue weighted by Gasteiger charge is 2.31. The van der Waals surface area contributed by atoms with Crippen molar-refractivity contribution >= 4 is 15.9 Å². The van der Waals surface area contributed by atoms with Crippen molar-refractivity contribution < 1.29 is 9.84 Å². The number of rotatable bonds is 2. The molecule has 2 N–H and O–H groups in total. The number of aliphatic hydroxyl groups is 1. The molecule has 0 amide bonds. The Morgan fingerprint density at radius 2 is 2.33 bits per heavy atom. The van der Waals surface area contributed by atoms with Crippen LogP contribution in [0.3, 0.4) is 0 Å². The van der Waals surface area contributed by atoms with Crippen LogP contribution < -0.4 is 10.1 Å². The summed E-state index contributed by atoms with van der Waals surface area (Å²) in [5, 5.41) is 13.9. The average molecular weight is 312 g/mol. The van der Waals surface area contributed by atoms with Crippen molar-refractivity contribution in [1.29, 1.82) is 0 Å². The first kappa shape index (κ1) is 12.5. The smallest absolute Gasteiger partial charge is 0.125 e. The van der Waals surface area contributed by atoms with E-state index in [2.05, 4.69) is 33.4 Å². The van der Waals surface area contributed by atoms with Gasteiger partial charge in [-0.05, 0) is 42.6 Å². The van der Waals surface area contributed by atoms with E-state index in [0.29, 0.717) is 13.0 Å². The van der Waals surface area contributed by atoms with Crippen molar-refractivity contribution in [3.8, 4) is 5.75 Å². The zero-order valence-electron chi connectivity index (χ0n) is 10.3. The molecule has 1 atom stereocenters. The van der Waals surface area contributed by atoms with Gasteiger partial charge >= 0.3 is 0 Å². The number of hydrogen-bond acceptors (Lipinski definition) is 3. The highest BCUT2D eigenvalue weighted by Crippen LogP contribution is 2.36. The average Bonchev–Trinajstić information content (AvgIpc) is 2.77. The predicted molar refractivity (Wildman–Crippen MR) is 74.1 cm³/mol. The lowest BCUT2D eigenvalue weighted by molar-refractivity contribution is 0.0164. The van der Waals surface area contributed by atoms with Crippen molar-refractivity contribution in [2.45, 2.75) is 31.3 Å². The van der Waals surface area contributed by atoms with Crippen LogP contribution in [0.5, 0.6) is 5.75 Å². The highest BCUT2D eigenvalue weighted by molar-refractivity contribution is 9.10. The van der Waals surface area contributed by atoms with Crippen molar-refractivity contribution in [3.05, 3.63) is 27.7 Å². The molecule has 1 saturated heterocycles. The van der Waals surface area contributed by atoms with Crippen LogP contribution in [0.15, 0.2) is 16.6 Å². The van der Waals surface area contributed by atoms with Gasteiger partial charge in [-0.2, -0.15) is 0 Å². The van der Waals surface area contributed by atoms with Crippen LogP contribution in [0.25, 0.3) is 0 Å². The summed E-state index contributed by atoms with van der Waals surface area (Å²) < 4.78 is 6.80. The maximum absolute atomic E-state index is 10.6. The molecule has 98 valence electrons. The third-order valence-corrected chi connectivity index (χ3v) is 4.25. The molecule has 1 aromatic rings. The highest BCUT2D eigenvalue weighted by atomic mass is 79.9. The van der Waals surface area contributed by atoms with E-state index in [4.69, 9.17) is 4.74 Å². The van der Waals surface area contributed by atoms with Gasteiger partial charge in [0.1, 0.15) is 5.75 Å². The summed E-state index contributed by atoms with van der Waals surface area (Å²) in [4.78, 5) is 0. The lowest BCUT2D eigenvalue weighted by Crippen LogP contribution is -2.47. The predicted octanol–water partition coefficient (Wildman–Crippen LogP) is 2.04. The van der Waals surface area contributed by atoms with Gasteiger partial charge in [0.2, 0.25) is 0 Å². The van der Waals surface area contributed by atoms with Crippen LogP contribution in [0.2, 0.25) is 0 Å². The maximum Gasteiger partial charge on any atom is 0.125 e. The SMILES string of the molecule is OC1(Cc2cc(Br)cc3c2OCC3)CCCNC1. The third-order valence-electron chi connectivity index (χ3n) is 3.79. The molecule has 0 radical (unpaired) electrons. The van der Waals surface area contributed by atoms with Crippen molar-refractivity contribution in [2.24, 2.45) is 0 Å². The molecule has 2 aliphatic heterocycles.